The lowest BCUT2D eigenvalue weighted by Crippen LogP contribution is -2.23. The SMILES string of the molecule is COc1ccccc1CNS(=O)(=O)c1cnc(Cl)nc1. The Labute approximate surface area is 121 Å². The number of ether oxygens (including phenoxy) is 1. The Morgan fingerprint density at radius 2 is 1.90 bits per heavy atom. The van der Waals surface area contributed by atoms with Gasteiger partial charge in [0.05, 0.1) is 19.5 Å². The first-order valence-electron chi connectivity index (χ1n) is 5.62. The summed E-state index contributed by atoms with van der Waals surface area (Å²) in [5.41, 5.74) is 0.730. The summed E-state index contributed by atoms with van der Waals surface area (Å²) in [5.74, 6) is 0.613. The number of rotatable bonds is 5. The second-order valence-corrected chi connectivity index (χ2v) is 5.93. The van der Waals surface area contributed by atoms with Gasteiger partial charge in [-0.25, -0.2) is 23.1 Å². The van der Waals surface area contributed by atoms with Crippen LogP contribution in [0.25, 0.3) is 0 Å². The van der Waals surface area contributed by atoms with E-state index in [1.54, 1.807) is 18.2 Å². The zero-order valence-electron chi connectivity index (χ0n) is 10.6. The summed E-state index contributed by atoms with van der Waals surface area (Å²) in [6.45, 7) is 0.106. The van der Waals surface area contributed by atoms with Crippen LogP contribution in [-0.4, -0.2) is 25.5 Å². The van der Waals surface area contributed by atoms with E-state index in [2.05, 4.69) is 14.7 Å². The molecule has 0 radical (unpaired) electrons. The largest absolute Gasteiger partial charge is 0.496 e. The van der Waals surface area contributed by atoms with Gasteiger partial charge in [0.1, 0.15) is 10.6 Å². The normalized spacial score (nSPS) is 11.3. The third-order valence-corrected chi connectivity index (χ3v) is 4.10. The molecule has 0 bridgehead atoms. The van der Waals surface area contributed by atoms with Crippen LogP contribution in [0.15, 0.2) is 41.6 Å². The van der Waals surface area contributed by atoms with Gasteiger partial charge in [0.15, 0.2) is 0 Å². The quantitative estimate of drug-likeness (QED) is 0.848. The van der Waals surface area contributed by atoms with Crippen LogP contribution in [0.2, 0.25) is 5.28 Å². The molecule has 0 aliphatic rings. The zero-order valence-corrected chi connectivity index (χ0v) is 12.1. The molecule has 0 spiro atoms. The Balaban J connectivity index is 2.15. The third-order valence-electron chi connectivity index (χ3n) is 2.55. The summed E-state index contributed by atoms with van der Waals surface area (Å²) in [7, 11) is -2.16. The maximum absolute atomic E-state index is 12.0. The summed E-state index contributed by atoms with van der Waals surface area (Å²) in [4.78, 5) is 7.24. The Hall–Kier alpha value is -1.70. The van der Waals surface area contributed by atoms with Crippen LogP contribution in [0.5, 0.6) is 5.75 Å². The lowest BCUT2D eigenvalue weighted by atomic mass is 10.2. The molecule has 1 heterocycles. The summed E-state index contributed by atoms with van der Waals surface area (Å²) in [5, 5.41) is -0.00585. The molecule has 1 N–H and O–H groups in total. The molecule has 1 aromatic heterocycles. The summed E-state index contributed by atoms with van der Waals surface area (Å²) < 4.78 is 31.7. The zero-order chi connectivity index (χ0) is 14.6. The van der Waals surface area contributed by atoms with Crippen molar-refractivity contribution in [3.63, 3.8) is 0 Å². The number of nitrogens with zero attached hydrogens (tertiary/aromatic N) is 2. The predicted octanol–water partition coefficient (Wildman–Crippen LogP) is 1.62. The fourth-order valence-electron chi connectivity index (χ4n) is 1.54. The second-order valence-electron chi connectivity index (χ2n) is 3.82. The van der Waals surface area contributed by atoms with E-state index in [1.807, 2.05) is 6.07 Å². The highest BCUT2D eigenvalue weighted by molar-refractivity contribution is 7.89. The minimum atomic E-state index is -3.69. The number of sulfonamides is 1. The van der Waals surface area contributed by atoms with Crippen molar-refractivity contribution in [2.24, 2.45) is 0 Å². The molecule has 20 heavy (non-hydrogen) atoms. The van der Waals surface area contributed by atoms with Crippen molar-refractivity contribution in [2.75, 3.05) is 7.11 Å². The van der Waals surface area contributed by atoms with Gasteiger partial charge in [0.2, 0.25) is 15.3 Å². The monoisotopic (exact) mass is 313 g/mol. The Morgan fingerprint density at radius 1 is 1.25 bits per heavy atom. The number of para-hydroxylation sites is 1. The minimum absolute atomic E-state index is 0.00585. The first-order chi connectivity index (χ1) is 9.53. The van der Waals surface area contributed by atoms with Crippen molar-refractivity contribution in [2.45, 2.75) is 11.4 Å². The van der Waals surface area contributed by atoms with Crippen LogP contribution in [0.1, 0.15) is 5.56 Å². The highest BCUT2D eigenvalue weighted by Gasteiger charge is 2.15. The molecule has 0 saturated carbocycles. The van der Waals surface area contributed by atoms with Crippen molar-refractivity contribution in [1.82, 2.24) is 14.7 Å². The first-order valence-corrected chi connectivity index (χ1v) is 7.48. The Morgan fingerprint density at radius 3 is 2.55 bits per heavy atom. The van der Waals surface area contributed by atoms with E-state index in [4.69, 9.17) is 16.3 Å². The van der Waals surface area contributed by atoms with E-state index < -0.39 is 10.0 Å². The highest BCUT2D eigenvalue weighted by atomic mass is 35.5. The minimum Gasteiger partial charge on any atom is -0.496 e. The molecular formula is C12H12ClN3O3S. The number of methoxy groups -OCH3 is 1. The van der Waals surface area contributed by atoms with Crippen LogP contribution in [-0.2, 0) is 16.6 Å². The molecule has 0 atom stereocenters. The molecule has 6 nitrogen and oxygen atoms in total. The van der Waals surface area contributed by atoms with Crippen LogP contribution >= 0.6 is 11.6 Å². The molecule has 0 aliphatic carbocycles. The topological polar surface area (TPSA) is 81.2 Å². The molecule has 106 valence electrons. The molecule has 0 saturated heterocycles. The number of halogens is 1. The molecule has 1 aromatic carbocycles. The van der Waals surface area contributed by atoms with Crippen molar-refractivity contribution in [3.8, 4) is 5.75 Å². The van der Waals surface area contributed by atoms with Crippen molar-refractivity contribution < 1.29 is 13.2 Å². The lowest BCUT2D eigenvalue weighted by Gasteiger charge is -2.09. The maximum atomic E-state index is 12.0. The van der Waals surface area contributed by atoms with Gasteiger partial charge in [0, 0.05) is 12.1 Å². The van der Waals surface area contributed by atoms with Crippen molar-refractivity contribution in [3.05, 3.63) is 47.5 Å². The third kappa shape index (κ3) is 3.44. The molecule has 0 amide bonds. The van der Waals surface area contributed by atoms with Gasteiger partial charge in [-0.3, -0.25) is 0 Å². The highest BCUT2D eigenvalue weighted by Crippen LogP contribution is 2.17. The fourth-order valence-corrected chi connectivity index (χ4v) is 2.54. The van der Waals surface area contributed by atoms with Crippen molar-refractivity contribution in [1.29, 1.82) is 0 Å². The van der Waals surface area contributed by atoms with E-state index in [0.29, 0.717) is 5.75 Å². The van der Waals surface area contributed by atoms with Gasteiger partial charge in [0.25, 0.3) is 0 Å². The van der Waals surface area contributed by atoms with Gasteiger partial charge < -0.3 is 4.74 Å². The number of hydrogen-bond donors (Lipinski definition) is 1. The fraction of sp³-hybridized carbons (Fsp3) is 0.167. The second kappa shape index (κ2) is 6.17. The molecule has 0 aliphatic heterocycles. The number of nitrogens with one attached hydrogen (secondary N) is 1. The van der Waals surface area contributed by atoms with E-state index in [1.165, 1.54) is 7.11 Å². The molecular weight excluding hydrogens is 302 g/mol. The van der Waals surface area contributed by atoms with Crippen LogP contribution in [0, 0.1) is 0 Å². The molecule has 0 unspecified atom stereocenters. The smallest absolute Gasteiger partial charge is 0.243 e. The number of aromatic nitrogens is 2. The Kier molecular flexibility index (Phi) is 4.53. The van der Waals surface area contributed by atoms with Gasteiger partial charge in [-0.1, -0.05) is 18.2 Å². The first kappa shape index (κ1) is 14.7. The van der Waals surface area contributed by atoms with Gasteiger partial charge in [-0.05, 0) is 17.7 Å². The van der Waals surface area contributed by atoms with E-state index >= 15 is 0 Å². The van der Waals surface area contributed by atoms with Crippen LogP contribution in [0.3, 0.4) is 0 Å². The predicted molar refractivity (Wildman–Crippen MR) is 74.1 cm³/mol. The molecule has 2 rings (SSSR count). The lowest BCUT2D eigenvalue weighted by molar-refractivity contribution is 0.409. The van der Waals surface area contributed by atoms with Crippen LogP contribution < -0.4 is 9.46 Å². The van der Waals surface area contributed by atoms with Crippen molar-refractivity contribution >= 4 is 21.6 Å². The Bertz CT molecular complexity index is 689. The number of hydrogen-bond acceptors (Lipinski definition) is 5. The summed E-state index contributed by atoms with van der Waals surface area (Å²) >= 11 is 5.52. The molecule has 0 fully saturated rings. The average Bonchev–Trinajstić information content (AvgIpc) is 2.46. The van der Waals surface area contributed by atoms with Gasteiger partial charge in [-0.2, -0.15) is 0 Å². The average molecular weight is 314 g/mol. The van der Waals surface area contributed by atoms with E-state index in [9.17, 15) is 8.42 Å². The molecule has 8 heteroatoms. The summed E-state index contributed by atoms with van der Waals surface area (Å²) in [6.07, 6.45) is 2.31. The van der Waals surface area contributed by atoms with E-state index in [0.717, 1.165) is 18.0 Å². The standard InChI is InChI=1S/C12H12ClN3O3S/c1-19-11-5-3-2-4-9(11)6-16-20(17,18)10-7-14-12(13)15-8-10/h2-5,7-8,16H,6H2,1H3. The van der Waals surface area contributed by atoms with Gasteiger partial charge >= 0.3 is 0 Å². The maximum Gasteiger partial charge on any atom is 0.243 e. The van der Waals surface area contributed by atoms with Gasteiger partial charge in [-0.15, -0.1) is 0 Å². The molecule has 2 aromatic rings. The van der Waals surface area contributed by atoms with E-state index in [-0.39, 0.29) is 16.7 Å². The summed E-state index contributed by atoms with van der Waals surface area (Å²) in [6, 6.07) is 7.15. The number of benzene rings is 1. The van der Waals surface area contributed by atoms with Crippen LogP contribution in [0.4, 0.5) is 0 Å².